The van der Waals surface area contributed by atoms with E-state index in [4.69, 9.17) is 14.2 Å². The summed E-state index contributed by atoms with van der Waals surface area (Å²) in [4.78, 5) is 11.7. The molecule has 0 heterocycles. The fourth-order valence-corrected chi connectivity index (χ4v) is 2.36. The largest absolute Gasteiger partial charge is 0.498 e. The molecule has 0 radical (unpaired) electrons. The van der Waals surface area contributed by atoms with Crippen molar-refractivity contribution in [1.29, 1.82) is 0 Å². The van der Waals surface area contributed by atoms with Gasteiger partial charge in [0.25, 0.3) is 0 Å². The van der Waals surface area contributed by atoms with Gasteiger partial charge >= 0.3 is 5.97 Å². The van der Waals surface area contributed by atoms with Crippen LogP contribution < -0.4 is 0 Å². The van der Waals surface area contributed by atoms with Crippen molar-refractivity contribution < 1.29 is 19.0 Å². The first-order chi connectivity index (χ1) is 10.3. The van der Waals surface area contributed by atoms with E-state index in [2.05, 4.69) is 18.7 Å². The topological polar surface area (TPSA) is 44.8 Å². The highest BCUT2D eigenvalue weighted by Crippen LogP contribution is 2.19. The number of allylic oxidation sites excluding steroid dienone is 4. The van der Waals surface area contributed by atoms with Crippen molar-refractivity contribution in [3.05, 3.63) is 35.8 Å². The second-order valence-corrected chi connectivity index (χ2v) is 5.31. The molecule has 0 aromatic rings. The SMILES string of the molecule is C=C(CCOC1=CCCC1)C(=O)OCCOC1=CCCC1. The molecule has 116 valence electrons. The number of carbonyl (C=O) groups is 1. The summed E-state index contributed by atoms with van der Waals surface area (Å²) in [6, 6.07) is 0. The highest BCUT2D eigenvalue weighted by atomic mass is 16.6. The molecule has 0 aromatic carbocycles. The van der Waals surface area contributed by atoms with Crippen LogP contribution in [0.1, 0.15) is 44.9 Å². The van der Waals surface area contributed by atoms with Gasteiger partial charge in [-0.1, -0.05) is 6.58 Å². The van der Waals surface area contributed by atoms with Gasteiger partial charge in [-0.15, -0.1) is 0 Å². The lowest BCUT2D eigenvalue weighted by molar-refractivity contribution is -0.140. The molecule has 2 aliphatic rings. The first-order valence-electron chi connectivity index (χ1n) is 7.74. The molecule has 0 atom stereocenters. The molecule has 2 rings (SSSR count). The summed E-state index contributed by atoms with van der Waals surface area (Å²) in [6.45, 7) is 4.91. The van der Waals surface area contributed by atoms with Crippen LogP contribution in [0.3, 0.4) is 0 Å². The van der Waals surface area contributed by atoms with Crippen molar-refractivity contribution in [3.8, 4) is 0 Å². The van der Waals surface area contributed by atoms with E-state index in [-0.39, 0.29) is 12.6 Å². The lowest BCUT2D eigenvalue weighted by Crippen LogP contribution is -2.13. The van der Waals surface area contributed by atoms with E-state index in [1.54, 1.807) is 0 Å². The van der Waals surface area contributed by atoms with E-state index in [9.17, 15) is 4.79 Å². The van der Waals surface area contributed by atoms with Gasteiger partial charge in [0.05, 0.1) is 18.1 Å². The Morgan fingerprint density at radius 1 is 1.00 bits per heavy atom. The Hall–Kier alpha value is -1.71. The van der Waals surface area contributed by atoms with Gasteiger partial charge in [0.2, 0.25) is 0 Å². The zero-order valence-electron chi connectivity index (χ0n) is 12.6. The second-order valence-electron chi connectivity index (χ2n) is 5.31. The van der Waals surface area contributed by atoms with Crippen LogP contribution in [-0.4, -0.2) is 25.8 Å². The third-order valence-corrected chi connectivity index (χ3v) is 3.58. The molecule has 0 N–H and O–H groups in total. The normalized spacial score (nSPS) is 17.1. The number of hydrogen-bond donors (Lipinski definition) is 0. The minimum Gasteiger partial charge on any atom is -0.498 e. The Morgan fingerprint density at radius 3 is 2.19 bits per heavy atom. The first kappa shape index (κ1) is 15.7. The first-order valence-corrected chi connectivity index (χ1v) is 7.74. The predicted octanol–water partition coefficient (Wildman–Crippen LogP) is 3.64. The number of carbonyl (C=O) groups excluding carboxylic acids is 1. The summed E-state index contributed by atoms with van der Waals surface area (Å²) in [7, 11) is 0. The molecule has 0 aliphatic heterocycles. The van der Waals surface area contributed by atoms with E-state index in [0.717, 1.165) is 50.0 Å². The third kappa shape index (κ3) is 5.66. The van der Waals surface area contributed by atoms with Crippen molar-refractivity contribution >= 4 is 5.97 Å². The Bertz CT molecular complexity index is 434. The summed E-state index contributed by atoms with van der Waals surface area (Å²) in [6.07, 6.45) is 11.2. The lowest BCUT2D eigenvalue weighted by atomic mass is 10.2. The fraction of sp³-hybridized carbons (Fsp3) is 0.588. The van der Waals surface area contributed by atoms with Gasteiger partial charge in [-0.3, -0.25) is 0 Å². The van der Waals surface area contributed by atoms with Crippen molar-refractivity contribution in [2.24, 2.45) is 0 Å². The van der Waals surface area contributed by atoms with Crippen LogP contribution >= 0.6 is 0 Å². The lowest BCUT2D eigenvalue weighted by Gasteiger charge is -2.10. The van der Waals surface area contributed by atoms with E-state index in [1.807, 2.05) is 0 Å². The summed E-state index contributed by atoms with van der Waals surface area (Å²) >= 11 is 0. The molecular weight excluding hydrogens is 268 g/mol. The van der Waals surface area contributed by atoms with Crippen LogP contribution in [0.2, 0.25) is 0 Å². The highest BCUT2D eigenvalue weighted by Gasteiger charge is 2.11. The number of ether oxygens (including phenoxy) is 3. The second kappa shape index (κ2) is 8.55. The molecule has 0 amide bonds. The van der Waals surface area contributed by atoms with Gasteiger partial charge in [0.15, 0.2) is 0 Å². The van der Waals surface area contributed by atoms with E-state index < -0.39 is 0 Å². The van der Waals surface area contributed by atoms with Crippen molar-refractivity contribution in [2.75, 3.05) is 19.8 Å². The summed E-state index contributed by atoms with van der Waals surface area (Å²) < 4.78 is 16.2. The number of esters is 1. The zero-order valence-corrected chi connectivity index (χ0v) is 12.6. The summed E-state index contributed by atoms with van der Waals surface area (Å²) in [5.41, 5.74) is 0.452. The number of rotatable bonds is 9. The molecule has 0 saturated heterocycles. The molecule has 4 heteroatoms. The predicted molar refractivity (Wildman–Crippen MR) is 80.5 cm³/mol. The van der Waals surface area contributed by atoms with Gasteiger partial charge in [0.1, 0.15) is 13.2 Å². The smallest absolute Gasteiger partial charge is 0.333 e. The minimum atomic E-state index is -0.358. The van der Waals surface area contributed by atoms with Crippen LogP contribution in [0.5, 0.6) is 0 Å². The maximum absolute atomic E-state index is 11.7. The van der Waals surface area contributed by atoms with Crippen LogP contribution in [0, 0.1) is 0 Å². The summed E-state index contributed by atoms with van der Waals surface area (Å²) in [5.74, 6) is 1.69. The Balaban J connectivity index is 1.51. The summed E-state index contributed by atoms with van der Waals surface area (Å²) in [5, 5.41) is 0. The van der Waals surface area contributed by atoms with Crippen molar-refractivity contribution in [1.82, 2.24) is 0 Å². The van der Waals surface area contributed by atoms with Crippen molar-refractivity contribution in [3.63, 3.8) is 0 Å². The molecular formula is C17H24O4. The molecule has 0 unspecified atom stereocenters. The van der Waals surface area contributed by atoms with Gasteiger partial charge in [-0.2, -0.15) is 0 Å². The Morgan fingerprint density at radius 2 is 1.62 bits per heavy atom. The van der Waals surface area contributed by atoms with E-state index in [1.165, 1.54) is 0 Å². The Kier molecular flexibility index (Phi) is 6.38. The van der Waals surface area contributed by atoms with Crippen LogP contribution in [0.25, 0.3) is 0 Å². The molecule has 0 spiro atoms. The average molecular weight is 292 g/mol. The van der Waals surface area contributed by atoms with Crippen LogP contribution in [0.4, 0.5) is 0 Å². The van der Waals surface area contributed by atoms with Gasteiger partial charge in [-0.25, -0.2) is 4.79 Å². The van der Waals surface area contributed by atoms with E-state index >= 15 is 0 Å². The minimum absolute atomic E-state index is 0.265. The quantitative estimate of drug-likeness (QED) is 0.370. The van der Waals surface area contributed by atoms with Gasteiger partial charge in [0, 0.05) is 24.8 Å². The monoisotopic (exact) mass is 292 g/mol. The molecule has 0 fully saturated rings. The molecule has 0 saturated carbocycles. The maximum Gasteiger partial charge on any atom is 0.333 e. The molecule has 21 heavy (non-hydrogen) atoms. The van der Waals surface area contributed by atoms with Crippen molar-refractivity contribution in [2.45, 2.75) is 44.9 Å². The third-order valence-electron chi connectivity index (χ3n) is 3.58. The van der Waals surface area contributed by atoms with Crippen LogP contribution in [-0.2, 0) is 19.0 Å². The van der Waals surface area contributed by atoms with E-state index in [0.29, 0.717) is 25.2 Å². The number of hydrogen-bond acceptors (Lipinski definition) is 4. The average Bonchev–Trinajstić information content (AvgIpc) is 3.16. The molecule has 0 aromatic heterocycles. The fourth-order valence-electron chi connectivity index (χ4n) is 2.36. The molecule has 2 aliphatic carbocycles. The zero-order chi connectivity index (χ0) is 14.9. The highest BCUT2D eigenvalue weighted by molar-refractivity contribution is 5.87. The van der Waals surface area contributed by atoms with Gasteiger partial charge in [-0.05, 0) is 37.8 Å². The van der Waals surface area contributed by atoms with Gasteiger partial charge < -0.3 is 14.2 Å². The van der Waals surface area contributed by atoms with Crippen LogP contribution in [0.15, 0.2) is 35.8 Å². The Labute approximate surface area is 126 Å². The maximum atomic E-state index is 11.7. The molecule has 0 bridgehead atoms. The standard InChI is InChI=1S/C17H24O4/c1-14(10-11-19-15-6-2-3-7-15)17(18)21-13-12-20-16-8-4-5-9-16/h6,8H,1-5,7,9-13H2. The molecule has 4 nitrogen and oxygen atoms in total.